The van der Waals surface area contributed by atoms with Crippen LogP contribution in [0.25, 0.3) is 0 Å². The van der Waals surface area contributed by atoms with Crippen molar-refractivity contribution < 1.29 is 33.7 Å². The number of hydrogen-bond acceptors (Lipinski definition) is 7. The minimum absolute atomic E-state index is 0.0311. The zero-order valence-corrected chi connectivity index (χ0v) is 26.3. The molecule has 0 fully saturated rings. The van der Waals surface area contributed by atoms with E-state index in [4.69, 9.17) is 25.8 Å². The fourth-order valence-corrected chi connectivity index (χ4v) is 4.28. The number of rotatable bonds is 11. The normalized spacial score (nSPS) is 12.3. The summed E-state index contributed by atoms with van der Waals surface area (Å²) in [5, 5.41) is 11.3. The number of hydrogen-bond donors (Lipinski definition) is 1. The number of halogens is 1. The molecule has 0 aliphatic rings. The largest absolute Gasteiger partial charge is 0.482 e. The number of benzene rings is 3. The molecule has 0 saturated carbocycles. The highest BCUT2D eigenvalue weighted by Crippen LogP contribution is 2.21. The maximum Gasteiger partial charge on any atom is 0.410 e. The average Bonchev–Trinajstić information content (AvgIpc) is 2.92. The van der Waals surface area contributed by atoms with Crippen molar-refractivity contribution in [2.75, 3.05) is 19.7 Å². The predicted octanol–water partition coefficient (Wildman–Crippen LogP) is 6.80. The maximum absolute atomic E-state index is 13.0. The first kappa shape index (κ1) is 33.6. The number of aliphatic hydroxyl groups excluding tert-OH is 1. The van der Waals surface area contributed by atoms with Gasteiger partial charge in [0, 0.05) is 22.7 Å². The van der Waals surface area contributed by atoms with Crippen LogP contribution in [-0.2, 0) is 20.7 Å². The van der Waals surface area contributed by atoms with Gasteiger partial charge in [0.15, 0.2) is 12.4 Å². The van der Waals surface area contributed by atoms with Crippen LogP contribution in [-0.4, -0.2) is 58.8 Å². The number of esters is 1. The molecule has 0 aliphatic carbocycles. The molecule has 43 heavy (non-hydrogen) atoms. The third kappa shape index (κ3) is 11.4. The van der Waals surface area contributed by atoms with Gasteiger partial charge in [-0.2, -0.15) is 0 Å². The predicted molar refractivity (Wildman–Crippen MR) is 166 cm³/mol. The van der Waals surface area contributed by atoms with Gasteiger partial charge in [-0.25, -0.2) is 9.59 Å². The Morgan fingerprint density at radius 1 is 0.837 bits per heavy atom. The minimum Gasteiger partial charge on any atom is -0.482 e. The Labute approximate surface area is 258 Å². The van der Waals surface area contributed by atoms with Gasteiger partial charge in [-0.3, -0.25) is 4.79 Å². The van der Waals surface area contributed by atoms with Crippen LogP contribution in [0.2, 0.25) is 5.02 Å². The van der Waals surface area contributed by atoms with E-state index in [9.17, 15) is 19.5 Å². The van der Waals surface area contributed by atoms with Crippen molar-refractivity contribution in [2.45, 2.75) is 65.3 Å². The lowest BCUT2D eigenvalue weighted by atomic mass is 10.0. The standard InChI is InChI=1S/C34H40ClNO7/c1-33(2,3)42-30(38)22-41-28-16-14-25(15-17-28)31(39)24-12-10-23(11-13-24)18-19-36(32(40)43-34(4,5)6)21-29(37)26-8-7-9-27(35)20-26/h7-17,20,29,37H,18-19,21-22H2,1-6H3. The van der Waals surface area contributed by atoms with Crippen LogP contribution >= 0.6 is 11.6 Å². The van der Waals surface area contributed by atoms with E-state index in [1.165, 1.54) is 4.90 Å². The molecule has 1 N–H and O–H groups in total. The Kier molecular flexibility index (Phi) is 11.4. The second-order valence-electron chi connectivity index (χ2n) is 12.2. The monoisotopic (exact) mass is 609 g/mol. The molecule has 0 saturated heterocycles. The van der Waals surface area contributed by atoms with Crippen LogP contribution in [0, 0.1) is 0 Å². The van der Waals surface area contributed by atoms with E-state index in [1.54, 1.807) is 102 Å². The Balaban J connectivity index is 1.61. The number of ketones is 1. The van der Waals surface area contributed by atoms with Crippen molar-refractivity contribution in [3.05, 3.63) is 100 Å². The third-order valence-electron chi connectivity index (χ3n) is 6.06. The van der Waals surface area contributed by atoms with Gasteiger partial charge in [-0.1, -0.05) is 48.0 Å². The van der Waals surface area contributed by atoms with Crippen LogP contribution in [0.1, 0.15) is 74.7 Å². The number of ether oxygens (including phenoxy) is 3. The molecule has 1 amide bonds. The Morgan fingerprint density at radius 3 is 1.98 bits per heavy atom. The molecular weight excluding hydrogens is 570 g/mol. The molecule has 0 aliphatic heterocycles. The van der Waals surface area contributed by atoms with Crippen molar-refractivity contribution in [2.24, 2.45) is 0 Å². The molecule has 9 heteroatoms. The first-order valence-electron chi connectivity index (χ1n) is 14.1. The summed E-state index contributed by atoms with van der Waals surface area (Å²) in [7, 11) is 0. The molecule has 0 bridgehead atoms. The topological polar surface area (TPSA) is 102 Å². The van der Waals surface area contributed by atoms with Crippen molar-refractivity contribution >= 4 is 29.4 Å². The van der Waals surface area contributed by atoms with E-state index in [0.29, 0.717) is 40.4 Å². The lowest BCUT2D eigenvalue weighted by molar-refractivity contribution is -0.157. The second kappa shape index (κ2) is 14.5. The first-order chi connectivity index (χ1) is 20.1. The lowest BCUT2D eigenvalue weighted by Crippen LogP contribution is -2.40. The average molecular weight is 610 g/mol. The third-order valence-corrected chi connectivity index (χ3v) is 6.29. The highest BCUT2D eigenvalue weighted by atomic mass is 35.5. The first-order valence-corrected chi connectivity index (χ1v) is 14.5. The summed E-state index contributed by atoms with van der Waals surface area (Å²) < 4.78 is 16.3. The number of aliphatic hydroxyl groups is 1. The molecule has 3 aromatic rings. The number of carbonyl (C=O) groups excluding carboxylic acids is 3. The lowest BCUT2D eigenvalue weighted by Gasteiger charge is -2.29. The van der Waals surface area contributed by atoms with Gasteiger partial charge in [0.05, 0.1) is 12.6 Å². The quantitative estimate of drug-likeness (QED) is 0.188. The van der Waals surface area contributed by atoms with E-state index in [1.807, 2.05) is 12.1 Å². The maximum atomic E-state index is 13.0. The molecule has 1 atom stereocenters. The number of carbonyl (C=O) groups is 3. The number of nitrogens with zero attached hydrogens (tertiary/aromatic N) is 1. The molecule has 3 aromatic carbocycles. The van der Waals surface area contributed by atoms with Crippen LogP contribution in [0.15, 0.2) is 72.8 Å². The molecule has 3 rings (SSSR count). The van der Waals surface area contributed by atoms with Crippen molar-refractivity contribution in [1.29, 1.82) is 0 Å². The molecule has 230 valence electrons. The molecule has 8 nitrogen and oxygen atoms in total. The summed E-state index contributed by atoms with van der Waals surface area (Å²) in [4.78, 5) is 39.3. The van der Waals surface area contributed by atoms with Crippen molar-refractivity contribution in [3.8, 4) is 5.75 Å². The Morgan fingerprint density at radius 2 is 1.42 bits per heavy atom. The van der Waals surface area contributed by atoms with Gasteiger partial charge >= 0.3 is 12.1 Å². The van der Waals surface area contributed by atoms with Crippen LogP contribution in [0.3, 0.4) is 0 Å². The van der Waals surface area contributed by atoms with Gasteiger partial charge in [-0.05, 0) is 95.5 Å². The minimum atomic E-state index is -0.944. The molecule has 1 unspecified atom stereocenters. The summed E-state index contributed by atoms with van der Waals surface area (Å²) in [6.07, 6.45) is -0.987. The zero-order chi connectivity index (χ0) is 31.8. The SMILES string of the molecule is CC(C)(C)OC(=O)COc1ccc(C(=O)c2ccc(CCN(CC(O)c3cccc(Cl)c3)C(=O)OC(C)(C)C)cc2)cc1. The summed E-state index contributed by atoms with van der Waals surface area (Å²) in [5.74, 6) is -0.183. The summed E-state index contributed by atoms with van der Waals surface area (Å²) >= 11 is 6.08. The van der Waals surface area contributed by atoms with Gasteiger partial charge in [0.2, 0.25) is 0 Å². The molecule has 0 spiro atoms. The fraction of sp³-hybridized carbons (Fsp3) is 0.382. The summed E-state index contributed by atoms with van der Waals surface area (Å²) in [6.45, 7) is 10.8. The summed E-state index contributed by atoms with van der Waals surface area (Å²) in [6, 6.07) is 20.6. The van der Waals surface area contributed by atoms with Crippen molar-refractivity contribution in [1.82, 2.24) is 4.90 Å². The smallest absolute Gasteiger partial charge is 0.410 e. The second-order valence-corrected chi connectivity index (χ2v) is 12.6. The van der Waals surface area contributed by atoms with E-state index in [0.717, 1.165) is 5.56 Å². The Hall–Kier alpha value is -3.88. The molecule has 0 heterocycles. The van der Waals surface area contributed by atoms with Gasteiger partial charge in [-0.15, -0.1) is 0 Å². The highest BCUT2D eigenvalue weighted by Gasteiger charge is 2.25. The van der Waals surface area contributed by atoms with Gasteiger partial charge in [0.25, 0.3) is 0 Å². The van der Waals surface area contributed by atoms with Crippen LogP contribution in [0.5, 0.6) is 5.75 Å². The molecule has 0 aromatic heterocycles. The summed E-state index contributed by atoms with van der Waals surface area (Å²) in [5.41, 5.74) is 1.21. The molecular formula is C34H40ClNO7. The van der Waals surface area contributed by atoms with E-state index >= 15 is 0 Å². The van der Waals surface area contributed by atoms with Crippen molar-refractivity contribution in [3.63, 3.8) is 0 Å². The molecule has 0 radical (unpaired) electrons. The Bertz CT molecular complexity index is 1390. The van der Waals surface area contributed by atoms with Crippen LogP contribution < -0.4 is 4.74 Å². The number of amides is 1. The highest BCUT2D eigenvalue weighted by molar-refractivity contribution is 6.30. The van der Waals surface area contributed by atoms with Crippen LogP contribution in [0.4, 0.5) is 4.79 Å². The van der Waals surface area contributed by atoms with Gasteiger partial charge < -0.3 is 24.2 Å². The van der Waals surface area contributed by atoms with E-state index in [2.05, 4.69) is 0 Å². The fourth-order valence-electron chi connectivity index (χ4n) is 4.08. The van der Waals surface area contributed by atoms with Gasteiger partial charge in [0.1, 0.15) is 17.0 Å². The zero-order valence-electron chi connectivity index (χ0n) is 25.6. The van der Waals surface area contributed by atoms with E-state index < -0.39 is 29.4 Å². The van der Waals surface area contributed by atoms with E-state index in [-0.39, 0.29) is 18.9 Å².